The molecule has 0 bridgehead atoms. The molecule has 0 amide bonds. The smallest absolute Gasteiger partial charge is 0.192 e. The van der Waals surface area contributed by atoms with Gasteiger partial charge in [-0.25, -0.2) is 28.0 Å². The molecule has 230 valence electrons. The highest BCUT2D eigenvalue weighted by Gasteiger charge is 2.45. The van der Waals surface area contributed by atoms with Gasteiger partial charge in [0.05, 0.1) is 63.0 Å². The Kier molecular flexibility index (Phi) is 8.74. The summed E-state index contributed by atoms with van der Waals surface area (Å²) in [6.45, 7) is 16.6. The largest absolute Gasteiger partial charge is 0.414 e. The van der Waals surface area contributed by atoms with E-state index in [0.717, 1.165) is 35.0 Å². The second-order valence-electron chi connectivity index (χ2n) is 14.0. The van der Waals surface area contributed by atoms with Crippen molar-refractivity contribution in [3.8, 4) is 17.1 Å². The predicted molar refractivity (Wildman–Crippen MR) is 173 cm³/mol. The first kappa shape index (κ1) is 31.6. The maximum atomic E-state index is 13.3. The third kappa shape index (κ3) is 6.79. The first-order valence-corrected chi connectivity index (χ1v) is 18.9. The van der Waals surface area contributed by atoms with Crippen molar-refractivity contribution in [2.75, 3.05) is 0 Å². The number of pyridine rings is 1. The average molecular weight is 623 g/mol. The first-order chi connectivity index (χ1) is 20.2. The van der Waals surface area contributed by atoms with Gasteiger partial charge in [0.15, 0.2) is 14.1 Å². The van der Waals surface area contributed by atoms with Crippen molar-refractivity contribution >= 4 is 30.2 Å². The van der Waals surface area contributed by atoms with Crippen LogP contribution in [0.1, 0.15) is 71.8 Å². The fraction of sp³-hybridized carbons (Fsp3) is 0.500. The van der Waals surface area contributed by atoms with Gasteiger partial charge in [-0.3, -0.25) is 4.98 Å². The Morgan fingerprint density at radius 2 is 1.81 bits per heavy atom. The Hall–Kier alpha value is -2.86. The zero-order chi connectivity index (χ0) is 31.2. The van der Waals surface area contributed by atoms with Crippen LogP contribution < -0.4 is 4.72 Å². The van der Waals surface area contributed by atoms with Crippen LogP contribution in [0.4, 0.5) is 4.39 Å². The molecule has 1 fully saturated rings. The molecular weight excluding hydrogens is 580 g/mol. The molecule has 5 rings (SSSR count). The number of halogens is 1. The maximum absolute atomic E-state index is 13.3. The molecule has 43 heavy (non-hydrogen) atoms. The molecule has 0 aliphatic heterocycles. The number of aromatic nitrogens is 5. The van der Waals surface area contributed by atoms with E-state index >= 15 is 0 Å². The lowest BCUT2D eigenvalue weighted by atomic mass is 9.76. The van der Waals surface area contributed by atoms with Crippen molar-refractivity contribution in [3.05, 3.63) is 66.4 Å². The van der Waals surface area contributed by atoms with Gasteiger partial charge in [-0.05, 0) is 75.9 Å². The van der Waals surface area contributed by atoms with Crippen molar-refractivity contribution in [1.29, 1.82) is 0 Å². The summed E-state index contributed by atoms with van der Waals surface area (Å²) in [5.74, 6) is 0.777. The van der Waals surface area contributed by atoms with Gasteiger partial charge < -0.3 is 4.43 Å². The molecule has 0 radical (unpaired) electrons. The topological polar surface area (TPSA) is 94.8 Å². The second-order valence-corrected chi connectivity index (χ2v) is 20.7. The zero-order valence-electron chi connectivity index (χ0n) is 26.4. The molecule has 2 atom stereocenters. The summed E-state index contributed by atoms with van der Waals surface area (Å²) in [4.78, 5) is 14.0. The lowest BCUT2D eigenvalue weighted by Crippen LogP contribution is -2.50. The number of nitrogens with one attached hydrogen (secondary N) is 1. The fourth-order valence-corrected chi connectivity index (χ4v) is 7.22. The third-order valence-electron chi connectivity index (χ3n) is 8.64. The molecule has 1 aliphatic carbocycles. The van der Waals surface area contributed by atoms with E-state index in [4.69, 9.17) is 9.41 Å². The maximum Gasteiger partial charge on any atom is 0.192 e. The van der Waals surface area contributed by atoms with E-state index < -0.39 is 30.7 Å². The third-order valence-corrected chi connectivity index (χ3v) is 14.8. The fourth-order valence-electron chi connectivity index (χ4n) is 4.95. The van der Waals surface area contributed by atoms with Gasteiger partial charge in [0.25, 0.3) is 0 Å². The van der Waals surface area contributed by atoms with Crippen LogP contribution in [0.25, 0.3) is 28.0 Å². The van der Waals surface area contributed by atoms with Gasteiger partial charge in [0, 0.05) is 17.1 Å². The molecule has 1 aliphatic rings. The van der Waals surface area contributed by atoms with Crippen molar-refractivity contribution in [2.24, 2.45) is 5.92 Å². The number of rotatable bonds is 9. The summed E-state index contributed by atoms with van der Waals surface area (Å²) in [7, 11) is -3.17. The number of nitrogens with zero attached hydrogens (tertiary/aromatic N) is 5. The molecule has 1 aromatic carbocycles. The van der Waals surface area contributed by atoms with E-state index in [1.165, 1.54) is 0 Å². The van der Waals surface area contributed by atoms with Crippen molar-refractivity contribution in [1.82, 2.24) is 29.5 Å². The Morgan fingerprint density at radius 1 is 1.07 bits per heavy atom. The molecule has 3 aromatic heterocycles. The summed E-state index contributed by atoms with van der Waals surface area (Å²) in [6.07, 6.45) is 7.25. The van der Waals surface area contributed by atoms with Crippen LogP contribution in [-0.4, -0.2) is 48.1 Å². The van der Waals surface area contributed by atoms with E-state index in [1.54, 1.807) is 35.4 Å². The summed E-state index contributed by atoms with van der Waals surface area (Å²) >= 11 is 0. The molecule has 1 N–H and O–H groups in total. The van der Waals surface area contributed by atoms with Crippen LogP contribution in [0.2, 0.25) is 18.1 Å². The summed E-state index contributed by atoms with van der Waals surface area (Å²) < 4.78 is 38.0. The molecule has 4 aromatic rings. The van der Waals surface area contributed by atoms with Gasteiger partial charge in [-0.15, -0.1) is 0 Å². The Balaban J connectivity index is 1.44. The van der Waals surface area contributed by atoms with Crippen molar-refractivity contribution in [3.63, 3.8) is 0 Å². The molecular formula is C32H43FN6O2SSi. The number of benzene rings is 1. The zero-order valence-corrected chi connectivity index (χ0v) is 28.2. The molecule has 1 saturated carbocycles. The highest BCUT2D eigenvalue weighted by molar-refractivity contribution is 7.84. The molecule has 8 nitrogen and oxygen atoms in total. The minimum Gasteiger partial charge on any atom is -0.414 e. The number of fused-ring (bicyclic) bond motifs is 1. The molecule has 11 heteroatoms. The number of hydrogen-bond acceptors (Lipinski definition) is 6. The van der Waals surface area contributed by atoms with Crippen molar-refractivity contribution in [2.45, 2.75) is 96.1 Å². The summed E-state index contributed by atoms with van der Waals surface area (Å²) in [6, 6.07) is 11.0. The highest BCUT2D eigenvalue weighted by atomic mass is 32.2. The van der Waals surface area contributed by atoms with Gasteiger partial charge in [0.2, 0.25) is 0 Å². The van der Waals surface area contributed by atoms with E-state index in [1.807, 2.05) is 45.0 Å². The van der Waals surface area contributed by atoms with E-state index in [0.29, 0.717) is 17.2 Å². The van der Waals surface area contributed by atoms with Crippen LogP contribution in [-0.2, 0) is 22.1 Å². The van der Waals surface area contributed by atoms with Gasteiger partial charge in [-0.2, -0.15) is 5.10 Å². The SMILES string of the molecule is CC(C)(C)[S@@](=O)N[C@H](c1cncc(-c2ccc3cnn(-c4cccc(CF)n4)c3c2)n1)C1CC(O[Si](C)(C)C(C)(C)C)C1. The minimum absolute atomic E-state index is 0.145. The van der Waals surface area contributed by atoms with Gasteiger partial charge >= 0.3 is 0 Å². The number of hydrogen-bond donors (Lipinski definition) is 1. The Morgan fingerprint density at radius 3 is 2.49 bits per heavy atom. The van der Waals surface area contributed by atoms with Crippen molar-refractivity contribution < 1.29 is 13.0 Å². The van der Waals surface area contributed by atoms with E-state index in [2.05, 4.69) is 53.7 Å². The van der Waals surface area contributed by atoms with Crippen LogP contribution >= 0.6 is 0 Å². The standard InChI is InChI=1S/C32H43FN6O2SSi/c1-31(2,3)42(40)38-30(23-14-25(15-23)41-43(7,8)32(4,5)6)27-20-34-19-26(37-27)21-12-13-22-18-35-39(28(22)16-21)29-11-9-10-24(17-33)36-29/h9-13,16,18-20,23,25,30,38H,14-15,17H2,1-8H3/t23?,25?,30-,42+/m0/s1. The number of alkyl halides is 1. The van der Waals surface area contributed by atoms with Crippen LogP contribution in [0, 0.1) is 5.92 Å². The van der Waals surface area contributed by atoms with Crippen LogP contribution in [0.5, 0.6) is 0 Å². The Labute approximate surface area is 257 Å². The average Bonchev–Trinajstić information content (AvgIpc) is 3.36. The summed E-state index contributed by atoms with van der Waals surface area (Å²) in [5.41, 5.74) is 3.53. The normalized spacial score (nSPS) is 19.3. The quantitative estimate of drug-likeness (QED) is 0.198. The minimum atomic E-state index is -1.89. The second kappa shape index (κ2) is 11.9. The predicted octanol–water partition coefficient (Wildman–Crippen LogP) is 7.24. The summed E-state index contributed by atoms with van der Waals surface area (Å²) in [5, 5.41) is 5.59. The molecule has 0 saturated heterocycles. The monoisotopic (exact) mass is 622 g/mol. The van der Waals surface area contributed by atoms with Crippen LogP contribution in [0.15, 0.2) is 55.0 Å². The molecule has 0 unspecified atom stereocenters. The Bertz CT molecular complexity index is 1620. The lowest BCUT2D eigenvalue weighted by Gasteiger charge is -2.47. The van der Waals surface area contributed by atoms with E-state index in [9.17, 15) is 8.60 Å². The lowest BCUT2D eigenvalue weighted by molar-refractivity contribution is 0.0367. The van der Waals surface area contributed by atoms with Crippen LogP contribution in [0.3, 0.4) is 0 Å². The molecule has 3 heterocycles. The van der Waals surface area contributed by atoms with E-state index in [-0.39, 0.29) is 23.1 Å². The highest BCUT2D eigenvalue weighted by Crippen LogP contribution is 2.45. The molecule has 0 spiro atoms. The van der Waals surface area contributed by atoms with Gasteiger partial charge in [0.1, 0.15) is 6.67 Å². The first-order valence-electron chi connectivity index (χ1n) is 14.8. The van der Waals surface area contributed by atoms with Gasteiger partial charge in [-0.1, -0.05) is 39.0 Å².